The van der Waals surface area contributed by atoms with E-state index >= 15 is 0 Å². The van der Waals surface area contributed by atoms with Crippen molar-refractivity contribution in [1.82, 2.24) is 19.4 Å². The van der Waals surface area contributed by atoms with E-state index in [0.717, 1.165) is 11.1 Å². The van der Waals surface area contributed by atoms with Crippen LogP contribution in [0.5, 0.6) is 0 Å². The number of aromatic nitrogens is 4. The van der Waals surface area contributed by atoms with Gasteiger partial charge in [0.05, 0.1) is 23.6 Å². The van der Waals surface area contributed by atoms with E-state index < -0.39 is 5.97 Å². The van der Waals surface area contributed by atoms with Crippen LogP contribution in [-0.2, 0) is 14.3 Å². The van der Waals surface area contributed by atoms with Gasteiger partial charge in [-0.15, -0.1) is 0 Å². The summed E-state index contributed by atoms with van der Waals surface area (Å²) in [4.78, 5) is 21.8. The van der Waals surface area contributed by atoms with Gasteiger partial charge in [0.2, 0.25) is 6.41 Å². The summed E-state index contributed by atoms with van der Waals surface area (Å²) >= 11 is 0. The number of hydrogen-bond donors (Lipinski definition) is 3. The van der Waals surface area contributed by atoms with Crippen molar-refractivity contribution in [3.05, 3.63) is 30.7 Å². The number of hydrogen-bond acceptors (Lipinski definition) is 6. The summed E-state index contributed by atoms with van der Waals surface area (Å²) in [5, 5.41) is 22.9. The fourth-order valence-electron chi connectivity index (χ4n) is 2.82. The maximum atomic E-state index is 11.0. The Bertz CT molecular complexity index is 964. The Morgan fingerprint density at radius 3 is 2.89 bits per heavy atom. The van der Waals surface area contributed by atoms with Gasteiger partial charge >= 0.3 is 5.97 Å². The zero-order chi connectivity index (χ0) is 19.4. The van der Waals surface area contributed by atoms with Gasteiger partial charge in [-0.1, -0.05) is 0 Å². The van der Waals surface area contributed by atoms with Gasteiger partial charge in [0.25, 0.3) is 0 Å². The van der Waals surface area contributed by atoms with Gasteiger partial charge in [-0.2, -0.15) is 10.2 Å². The summed E-state index contributed by atoms with van der Waals surface area (Å²) in [6, 6.07) is 3.53. The Morgan fingerprint density at radius 2 is 2.19 bits per heavy atom. The van der Waals surface area contributed by atoms with Gasteiger partial charge in [-0.3, -0.25) is 9.59 Å². The van der Waals surface area contributed by atoms with Crippen molar-refractivity contribution in [2.24, 2.45) is 0 Å². The number of ether oxygens (including phenoxy) is 1. The maximum absolute atomic E-state index is 11.0. The second-order valence-corrected chi connectivity index (χ2v) is 5.72. The molecule has 10 nitrogen and oxygen atoms in total. The van der Waals surface area contributed by atoms with Crippen molar-refractivity contribution < 1.29 is 19.4 Å². The average Bonchev–Trinajstić information content (AvgIpc) is 3.27. The lowest BCUT2D eigenvalue weighted by atomic mass is 10.1. The molecule has 27 heavy (non-hydrogen) atoms. The van der Waals surface area contributed by atoms with Crippen LogP contribution < -0.4 is 10.6 Å². The number of nitrogens with zero attached hydrogens (tertiary/aromatic N) is 4. The summed E-state index contributed by atoms with van der Waals surface area (Å²) < 4.78 is 8.81. The number of fused-ring (bicyclic) bond motifs is 1. The highest BCUT2D eigenvalue weighted by atomic mass is 16.5. The Hall–Kier alpha value is -3.40. The first kappa shape index (κ1) is 18.4. The number of anilines is 2. The van der Waals surface area contributed by atoms with Crippen LogP contribution in [0, 0.1) is 0 Å². The van der Waals surface area contributed by atoms with E-state index in [4.69, 9.17) is 9.84 Å². The maximum Gasteiger partial charge on any atom is 0.322 e. The topological polar surface area (TPSA) is 123 Å². The highest BCUT2D eigenvalue weighted by Crippen LogP contribution is 2.33. The molecular weight excluding hydrogens is 352 g/mol. The molecule has 0 radical (unpaired) electrons. The normalized spacial score (nSPS) is 12.1. The van der Waals surface area contributed by atoms with Crippen LogP contribution >= 0.6 is 0 Å². The lowest BCUT2D eigenvalue weighted by Crippen LogP contribution is -2.14. The molecule has 1 unspecified atom stereocenters. The predicted octanol–water partition coefficient (Wildman–Crippen LogP) is 1.82. The predicted molar refractivity (Wildman–Crippen MR) is 98.6 cm³/mol. The van der Waals surface area contributed by atoms with E-state index in [1.165, 1.54) is 6.20 Å². The molecule has 0 aromatic carbocycles. The number of amides is 1. The standard InChI is InChI=1S/C17H20N6O4/c1-3-27-11(2)22-9-12(6-20-22)17-13(19-10-24)7-21-23-14(17)4-5-15(23)18-8-16(25)26/h4-7,9-11,18H,3,8H2,1-2H3,(H,19,24)(H,25,26). The minimum atomic E-state index is -0.976. The molecule has 3 aromatic heterocycles. The molecule has 3 rings (SSSR count). The first-order valence-corrected chi connectivity index (χ1v) is 8.37. The van der Waals surface area contributed by atoms with Gasteiger partial charge in [0, 0.05) is 23.9 Å². The van der Waals surface area contributed by atoms with E-state index in [1.807, 2.05) is 20.0 Å². The van der Waals surface area contributed by atoms with Crippen molar-refractivity contribution in [2.75, 3.05) is 23.8 Å². The Labute approximate surface area is 154 Å². The third-order valence-corrected chi connectivity index (χ3v) is 3.99. The quantitative estimate of drug-likeness (QED) is 0.490. The van der Waals surface area contributed by atoms with Crippen LogP contribution in [0.1, 0.15) is 20.1 Å². The van der Waals surface area contributed by atoms with E-state index in [0.29, 0.717) is 30.0 Å². The molecule has 0 aliphatic heterocycles. The molecule has 3 aromatic rings. The van der Waals surface area contributed by atoms with E-state index in [9.17, 15) is 9.59 Å². The summed E-state index contributed by atoms with van der Waals surface area (Å²) in [5.74, 6) is -0.447. The molecule has 0 spiro atoms. The molecule has 0 aliphatic rings. The van der Waals surface area contributed by atoms with Crippen molar-refractivity contribution in [1.29, 1.82) is 0 Å². The van der Waals surface area contributed by atoms with Crippen LogP contribution in [0.2, 0.25) is 0 Å². The summed E-state index contributed by atoms with van der Waals surface area (Å²) in [6.45, 7) is 4.12. The molecule has 0 saturated carbocycles. The largest absolute Gasteiger partial charge is 0.480 e. The summed E-state index contributed by atoms with van der Waals surface area (Å²) in [7, 11) is 0. The van der Waals surface area contributed by atoms with Crippen LogP contribution in [0.25, 0.3) is 16.6 Å². The van der Waals surface area contributed by atoms with Crippen LogP contribution in [0.3, 0.4) is 0 Å². The van der Waals surface area contributed by atoms with Gasteiger partial charge in [-0.05, 0) is 26.0 Å². The molecule has 142 valence electrons. The molecule has 10 heteroatoms. The number of carboxylic acids is 1. The monoisotopic (exact) mass is 372 g/mol. The molecule has 1 amide bonds. The SMILES string of the molecule is CCOC(C)n1cc(-c2c(NC=O)cnn3c(NCC(=O)O)ccc23)cn1. The zero-order valence-electron chi connectivity index (χ0n) is 14.9. The molecule has 0 bridgehead atoms. The van der Waals surface area contributed by atoms with Gasteiger partial charge < -0.3 is 20.5 Å². The van der Waals surface area contributed by atoms with E-state index in [2.05, 4.69) is 20.8 Å². The number of nitrogens with one attached hydrogen (secondary N) is 2. The van der Waals surface area contributed by atoms with Gasteiger partial charge in [0.15, 0.2) is 0 Å². The summed E-state index contributed by atoms with van der Waals surface area (Å²) in [5.41, 5.74) is 2.69. The fraction of sp³-hybridized carbons (Fsp3) is 0.294. The molecule has 0 saturated heterocycles. The highest BCUT2D eigenvalue weighted by molar-refractivity contribution is 5.94. The molecule has 3 N–H and O–H groups in total. The summed E-state index contributed by atoms with van der Waals surface area (Å²) in [6.07, 6.45) is 5.35. The van der Waals surface area contributed by atoms with Crippen molar-refractivity contribution in [2.45, 2.75) is 20.1 Å². The number of rotatable bonds is 9. The van der Waals surface area contributed by atoms with E-state index in [-0.39, 0.29) is 12.8 Å². The molecule has 3 heterocycles. The van der Waals surface area contributed by atoms with Crippen molar-refractivity contribution in [3.8, 4) is 11.1 Å². The van der Waals surface area contributed by atoms with Gasteiger partial charge in [0.1, 0.15) is 18.6 Å². The smallest absolute Gasteiger partial charge is 0.322 e. The molecule has 0 fully saturated rings. The zero-order valence-corrected chi connectivity index (χ0v) is 14.9. The third kappa shape index (κ3) is 3.75. The fourth-order valence-corrected chi connectivity index (χ4v) is 2.82. The number of aliphatic carboxylic acids is 1. The average molecular weight is 372 g/mol. The Morgan fingerprint density at radius 1 is 1.37 bits per heavy atom. The molecular formula is C17H20N6O4. The first-order chi connectivity index (χ1) is 13.0. The molecule has 0 aliphatic carbocycles. The van der Waals surface area contributed by atoms with E-state index in [1.54, 1.807) is 27.5 Å². The molecule has 1 atom stereocenters. The lowest BCUT2D eigenvalue weighted by Gasteiger charge is -2.12. The van der Waals surface area contributed by atoms with Crippen molar-refractivity contribution in [3.63, 3.8) is 0 Å². The lowest BCUT2D eigenvalue weighted by molar-refractivity contribution is -0.134. The number of carboxylic acid groups (broad SMARTS) is 1. The second-order valence-electron chi connectivity index (χ2n) is 5.72. The van der Waals surface area contributed by atoms with Crippen molar-refractivity contribution >= 4 is 29.4 Å². The first-order valence-electron chi connectivity index (χ1n) is 8.37. The van der Waals surface area contributed by atoms with Crippen LogP contribution in [0.15, 0.2) is 30.7 Å². The van der Waals surface area contributed by atoms with Crippen LogP contribution in [-0.4, -0.2) is 50.0 Å². The number of carbonyl (C=O) groups excluding carboxylic acids is 1. The minimum Gasteiger partial charge on any atom is -0.480 e. The van der Waals surface area contributed by atoms with Crippen LogP contribution in [0.4, 0.5) is 11.5 Å². The number of carbonyl (C=O) groups is 2. The minimum absolute atomic E-state index is 0.233. The highest BCUT2D eigenvalue weighted by Gasteiger charge is 2.17. The Balaban J connectivity index is 2.07. The van der Waals surface area contributed by atoms with Gasteiger partial charge in [-0.25, -0.2) is 9.20 Å². The third-order valence-electron chi connectivity index (χ3n) is 3.99. The second kappa shape index (κ2) is 7.87. The Kier molecular flexibility index (Phi) is 5.36.